The van der Waals surface area contributed by atoms with Crippen molar-refractivity contribution in [3.8, 4) is 5.75 Å². The van der Waals surface area contributed by atoms with E-state index >= 15 is 0 Å². The highest BCUT2D eigenvalue weighted by Gasteiger charge is 2.09. The molecule has 1 aromatic heterocycles. The molecule has 0 spiro atoms. The molecule has 0 unspecified atom stereocenters. The quantitative estimate of drug-likeness (QED) is 0.651. The van der Waals surface area contributed by atoms with Crippen LogP contribution in [0, 0.1) is 0 Å². The third-order valence-corrected chi connectivity index (χ3v) is 4.63. The lowest BCUT2D eigenvalue weighted by atomic mass is 10.1. The molecule has 0 bridgehead atoms. The van der Waals surface area contributed by atoms with Crippen LogP contribution in [0.2, 0.25) is 0 Å². The van der Waals surface area contributed by atoms with E-state index in [1.807, 2.05) is 36.4 Å². The Bertz CT molecular complexity index is 1010. The van der Waals surface area contributed by atoms with Gasteiger partial charge in [-0.1, -0.05) is 18.2 Å². The molecule has 6 nitrogen and oxygen atoms in total. The van der Waals surface area contributed by atoms with Gasteiger partial charge in [-0.25, -0.2) is 0 Å². The Hall–Kier alpha value is -3.12. The Labute approximate surface area is 163 Å². The zero-order valence-electron chi connectivity index (χ0n) is 16.1. The van der Waals surface area contributed by atoms with Gasteiger partial charge in [0.25, 0.3) is 5.56 Å². The summed E-state index contributed by atoms with van der Waals surface area (Å²) >= 11 is 0. The fraction of sp³-hybridized carbons (Fsp3) is 0.273. The van der Waals surface area contributed by atoms with E-state index in [-0.39, 0.29) is 11.5 Å². The summed E-state index contributed by atoms with van der Waals surface area (Å²) in [5, 5.41) is 4.24. The lowest BCUT2D eigenvalue weighted by Gasteiger charge is -2.11. The van der Waals surface area contributed by atoms with Gasteiger partial charge in [0.15, 0.2) is 0 Å². The number of anilines is 1. The minimum atomic E-state index is -0.0936. The smallest absolute Gasteiger partial charge is 0.258 e. The van der Waals surface area contributed by atoms with Crippen molar-refractivity contribution in [2.24, 2.45) is 0 Å². The molecule has 3 rings (SSSR count). The van der Waals surface area contributed by atoms with Gasteiger partial charge in [-0.2, -0.15) is 0 Å². The van der Waals surface area contributed by atoms with Gasteiger partial charge in [0, 0.05) is 42.7 Å². The number of pyridine rings is 1. The number of methoxy groups -OCH3 is 2. The molecule has 1 N–H and O–H groups in total. The lowest BCUT2D eigenvalue weighted by Crippen LogP contribution is -2.22. The first kappa shape index (κ1) is 19.6. The first-order valence-electron chi connectivity index (χ1n) is 9.16. The summed E-state index contributed by atoms with van der Waals surface area (Å²) in [6.07, 6.45) is 2.72. The maximum atomic E-state index is 12.6. The third-order valence-electron chi connectivity index (χ3n) is 4.63. The Morgan fingerprint density at radius 1 is 1.04 bits per heavy atom. The summed E-state index contributed by atoms with van der Waals surface area (Å²) in [6, 6.07) is 14.9. The van der Waals surface area contributed by atoms with Crippen molar-refractivity contribution in [2.45, 2.75) is 19.4 Å². The van der Waals surface area contributed by atoms with Gasteiger partial charge in [0.1, 0.15) is 5.75 Å². The molecule has 0 aliphatic carbocycles. The van der Waals surface area contributed by atoms with Gasteiger partial charge in [-0.15, -0.1) is 0 Å². The third kappa shape index (κ3) is 4.58. The molecular weight excluding hydrogens is 356 g/mol. The molecule has 0 atom stereocenters. The molecule has 1 amide bonds. The summed E-state index contributed by atoms with van der Waals surface area (Å²) in [5.74, 6) is 0.701. The van der Waals surface area contributed by atoms with Crippen LogP contribution >= 0.6 is 0 Å². The van der Waals surface area contributed by atoms with Crippen molar-refractivity contribution in [1.82, 2.24) is 4.57 Å². The molecule has 0 aliphatic heterocycles. The number of hydrogen-bond donors (Lipinski definition) is 1. The molecular formula is C22H24N2O4. The number of rotatable bonds is 8. The highest BCUT2D eigenvalue weighted by molar-refractivity contribution is 6.01. The largest absolute Gasteiger partial charge is 0.497 e. The Morgan fingerprint density at radius 2 is 1.82 bits per heavy atom. The van der Waals surface area contributed by atoms with Crippen molar-refractivity contribution < 1.29 is 14.3 Å². The van der Waals surface area contributed by atoms with Crippen LogP contribution in [0.15, 0.2) is 59.5 Å². The van der Waals surface area contributed by atoms with Crippen molar-refractivity contribution >= 4 is 22.4 Å². The van der Waals surface area contributed by atoms with Gasteiger partial charge in [-0.05, 0) is 42.3 Å². The SMILES string of the molecule is COCCn1ccc2c(NC(=O)CCc3ccc(OC)cc3)cccc2c1=O. The topological polar surface area (TPSA) is 69.6 Å². The second-order valence-electron chi connectivity index (χ2n) is 6.47. The van der Waals surface area contributed by atoms with Crippen LogP contribution in [0.1, 0.15) is 12.0 Å². The molecule has 6 heteroatoms. The van der Waals surface area contributed by atoms with E-state index in [4.69, 9.17) is 9.47 Å². The number of nitrogens with one attached hydrogen (secondary N) is 1. The predicted molar refractivity (Wildman–Crippen MR) is 110 cm³/mol. The van der Waals surface area contributed by atoms with Gasteiger partial charge in [0.2, 0.25) is 5.91 Å². The van der Waals surface area contributed by atoms with Crippen LogP contribution in [0.4, 0.5) is 5.69 Å². The molecule has 2 aromatic carbocycles. The first-order chi connectivity index (χ1) is 13.6. The fourth-order valence-corrected chi connectivity index (χ4v) is 3.06. The van der Waals surface area contributed by atoms with Crippen molar-refractivity contribution in [1.29, 1.82) is 0 Å². The number of aromatic nitrogens is 1. The summed E-state index contributed by atoms with van der Waals surface area (Å²) in [4.78, 5) is 25.0. The number of benzene rings is 2. The molecule has 0 saturated heterocycles. The molecule has 0 radical (unpaired) electrons. The average Bonchev–Trinajstić information content (AvgIpc) is 2.72. The number of carbonyl (C=O) groups excluding carboxylic acids is 1. The minimum absolute atomic E-state index is 0.0909. The van der Waals surface area contributed by atoms with E-state index in [9.17, 15) is 9.59 Å². The van der Waals surface area contributed by atoms with Crippen LogP contribution in [0.3, 0.4) is 0 Å². The Kier molecular flexibility index (Phi) is 6.45. The fourth-order valence-electron chi connectivity index (χ4n) is 3.06. The van der Waals surface area contributed by atoms with Crippen molar-refractivity contribution in [3.63, 3.8) is 0 Å². The molecule has 0 aliphatic rings. The van der Waals surface area contributed by atoms with Crippen molar-refractivity contribution in [2.75, 3.05) is 26.1 Å². The van der Waals surface area contributed by atoms with Crippen molar-refractivity contribution in [3.05, 3.63) is 70.6 Å². The van der Waals surface area contributed by atoms with Crippen LogP contribution in [0.5, 0.6) is 5.75 Å². The minimum Gasteiger partial charge on any atom is -0.497 e. The Balaban J connectivity index is 1.71. The number of aryl methyl sites for hydroxylation is 1. The number of fused-ring (bicyclic) bond motifs is 1. The molecule has 146 valence electrons. The van der Waals surface area contributed by atoms with Gasteiger partial charge in [-0.3, -0.25) is 9.59 Å². The lowest BCUT2D eigenvalue weighted by molar-refractivity contribution is -0.116. The molecule has 0 fully saturated rings. The van der Waals surface area contributed by atoms with Crippen LogP contribution in [-0.2, 0) is 22.5 Å². The van der Waals surface area contributed by atoms with E-state index < -0.39 is 0 Å². The number of carbonyl (C=O) groups is 1. The second-order valence-corrected chi connectivity index (χ2v) is 6.47. The van der Waals surface area contributed by atoms with E-state index in [0.717, 1.165) is 16.7 Å². The first-order valence-corrected chi connectivity index (χ1v) is 9.16. The highest BCUT2D eigenvalue weighted by atomic mass is 16.5. The highest BCUT2D eigenvalue weighted by Crippen LogP contribution is 2.21. The maximum absolute atomic E-state index is 12.6. The maximum Gasteiger partial charge on any atom is 0.258 e. The second kappa shape index (κ2) is 9.19. The summed E-state index contributed by atoms with van der Waals surface area (Å²) < 4.78 is 11.8. The van der Waals surface area contributed by atoms with Crippen LogP contribution in [0.25, 0.3) is 10.8 Å². The Morgan fingerprint density at radius 3 is 2.54 bits per heavy atom. The normalized spacial score (nSPS) is 10.8. The standard InChI is InChI=1S/C22H24N2O4/c1-27-15-14-24-13-12-18-19(22(24)26)4-3-5-20(18)23-21(25)11-8-16-6-9-17(28-2)10-7-16/h3-7,9-10,12-13H,8,11,14-15H2,1-2H3,(H,23,25). The molecule has 3 aromatic rings. The van der Waals surface area contributed by atoms with Crippen LogP contribution in [-0.4, -0.2) is 31.3 Å². The van der Waals surface area contributed by atoms with Crippen LogP contribution < -0.4 is 15.6 Å². The average molecular weight is 380 g/mol. The van der Waals surface area contributed by atoms with Gasteiger partial charge < -0.3 is 19.4 Å². The number of amides is 1. The number of hydrogen-bond acceptors (Lipinski definition) is 4. The predicted octanol–water partition coefficient (Wildman–Crippen LogP) is 3.23. The van der Waals surface area contributed by atoms with E-state index in [1.165, 1.54) is 0 Å². The van der Waals surface area contributed by atoms with E-state index in [0.29, 0.717) is 37.1 Å². The molecule has 1 heterocycles. The molecule has 28 heavy (non-hydrogen) atoms. The van der Waals surface area contributed by atoms with Gasteiger partial charge in [0.05, 0.1) is 13.7 Å². The number of nitrogens with zero attached hydrogens (tertiary/aromatic N) is 1. The molecule has 0 saturated carbocycles. The number of ether oxygens (including phenoxy) is 2. The zero-order chi connectivity index (χ0) is 19.9. The zero-order valence-corrected chi connectivity index (χ0v) is 16.1. The van der Waals surface area contributed by atoms with E-state index in [2.05, 4.69) is 5.32 Å². The summed E-state index contributed by atoms with van der Waals surface area (Å²) in [6.45, 7) is 0.955. The van der Waals surface area contributed by atoms with Gasteiger partial charge >= 0.3 is 0 Å². The summed E-state index contributed by atoms with van der Waals surface area (Å²) in [7, 11) is 3.23. The van der Waals surface area contributed by atoms with E-state index in [1.54, 1.807) is 37.1 Å². The monoisotopic (exact) mass is 380 g/mol. The summed E-state index contributed by atoms with van der Waals surface area (Å²) in [5.41, 5.74) is 1.62.